The summed E-state index contributed by atoms with van der Waals surface area (Å²) in [5.74, 6) is -0.0571. The van der Waals surface area contributed by atoms with Crippen LogP contribution >= 0.6 is 0 Å². The van der Waals surface area contributed by atoms with Crippen molar-refractivity contribution in [2.45, 2.75) is 6.18 Å². The third-order valence-electron chi connectivity index (χ3n) is 1.80. The highest BCUT2D eigenvalue weighted by Crippen LogP contribution is 2.28. The van der Waals surface area contributed by atoms with Crippen LogP contribution in [0.25, 0.3) is 0 Å². The van der Waals surface area contributed by atoms with E-state index in [0.717, 1.165) is 6.07 Å². The molecule has 4 nitrogen and oxygen atoms in total. The molecular formula is C9H10F3N3O. The standard InChI is InChI=1S/C9H10F3N3O/c1-13-8(16)5-15-7-3-2-6(4-14-7)9(10,11)12/h2-4H,5H2,1H3,(H,13,16)(H,14,15). The number of carbonyl (C=O) groups is 1. The van der Waals surface area contributed by atoms with E-state index in [1.165, 1.54) is 13.1 Å². The maximum atomic E-state index is 12.2. The lowest BCUT2D eigenvalue weighted by Gasteiger charge is -2.07. The van der Waals surface area contributed by atoms with Gasteiger partial charge in [-0.05, 0) is 12.1 Å². The van der Waals surface area contributed by atoms with Crippen molar-refractivity contribution < 1.29 is 18.0 Å². The summed E-state index contributed by atoms with van der Waals surface area (Å²) in [6, 6.07) is 2.07. The minimum Gasteiger partial charge on any atom is -0.361 e. The van der Waals surface area contributed by atoms with Crippen LogP contribution in [0.4, 0.5) is 19.0 Å². The van der Waals surface area contributed by atoms with Gasteiger partial charge in [-0.2, -0.15) is 13.2 Å². The van der Waals surface area contributed by atoms with E-state index in [9.17, 15) is 18.0 Å². The summed E-state index contributed by atoms with van der Waals surface area (Å²) in [5.41, 5.74) is -0.821. The lowest BCUT2D eigenvalue weighted by atomic mass is 10.3. The average Bonchev–Trinajstić information content (AvgIpc) is 2.25. The second-order valence-corrected chi connectivity index (χ2v) is 2.96. The van der Waals surface area contributed by atoms with E-state index in [1.54, 1.807) is 0 Å². The van der Waals surface area contributed by atoms with E-state index >= 15 is 0 Å². The Labute approximate surface area is 89.9 Å². The first-order chi connectivity index (χ1) is 7.43. The Morgan fingerprint density at radius 2 is 2.12 bits per heavy atom. The molecule has 0 aliphatic carbocycles. The van der Waals surface area contributed by atoms with Crippen LogP contribution in [0.2, 0.25) is 0 Å². The fraction of sp³-hybridized carbons (Fsp3) is 0.333. The van der Waals surface area contributed by atoms with Gasteiger partial charge < -0.3 is 10.6 Å². The van der Waals surface area contributed by atoms with E-state index in [4.69, 9.17) is 0 Å². The molecule has 1 rings (SSSR count). The topological polar surface area (TPSA) is 54.0 Å². The van der Waals surface area contributed by atoms with Gasteiger partial charge in [-0.25, -0.2) is 4.98 Å². The molecule has 0 saturated heterocycles. The van der Waals surface area contributed by atoms with Crippen molar-refractivity contribution in [1.82, 2.24) is 10.3 Å². The number of amides is 1. The van der Waals surface area contributed by atoms with Gasteiger partial charge in [0.2, 0.25) is 5.91 Å². The van der Waals surface area contributed by atoms with Gasteiger partial charge in [0.25, 0.3) is 0 Å². The van der Waals surface area contributed by atoms with Crippen molar-refractivity contribution in [2.75, 3.05) is 18.9 Å². The molecule has 2 N–H and O–H groups in total. The molecule has 0 fully saturated rings. The molecule has 0 saturated carbocycles. The van der Waals surface area contributed by atoms with Crippen molar-refractivity contribution in [1.29, 1.82) is 0 Å². The Morgan fingerprint density at radius 1 is 1.44 bits per heavy atom. The summed E-state index contributed by atoms with van der Waals surface area (Å²) in [6.45, 7) is -0.0329. The zero-order valence-corrected chi connectivity index (χ0v) is 8.43. The highest BCUT2D eigenvalue weighted by atomic mass is 19.4. The zero-order valence-electron chi connectivity index (χ0n) is 8.43. The smallest absolute Gasteiger partial charge is 0.361 e. The van der Waals surface area contributed by atoms with Crippen molar-refractivity contribution >= 4 is 11.7 Å². The van der Waals surface area contributed by atoms with Crippen molar-refractivity contribution in [3.63, 3.8) is 0 Å². The van der Waals surface area contributed by atoms with Gasteiger partial charge in [0.15, 0.2) is 0 Å². The number of aromatic nitrogens is 1. The molecule has 0 radical (unpaired) electrons. The molecule has 88 valence electrons. The molecule has 0 atom stereocenters. The number of carbonyl (C=O) groups excluding carboxylic acids is 1. The Bertz CT molecular complexity index is 361. The summed E-state index contributed by atoms with van der Waals surface area (Å²) in [6.07, 6.45) is -3.68. The average molecular weight is 233 g/mol. The van der Waals surface area contributed by atoms with Gasteiger partial charge in [0.05, 0.1) is 12.1 Å². The van der Waals surface area contributed by atoms with Gasteiger partial charge in [-0.3, -0.25) is 4.79 Å². The molecule has 0 aliphatic rings. The monoisotopic (exact) mass is 233 g/mol. The van der Waals surface area contributed by atoms with Crippen molar-refractivity contribution in [3.8, 4) is 0 Å². The third kappa shape index (κ3) is 3.41. The number of pyridine rings is 1. The molecule has 0 bridgehead atoms. The minimum absolute atomic E-state index is 0.0329. The minimum atomic E-state index is -4.40. The molecule has 1 aromatic heterocycles. The number of alkyl halides is 3. The number of hydrogen-bond acceptors (Lipinski definition) is 3. The summed E-state index contributed by atoms with van der Waals surface area (Å²) in [7, 11) is 1.46. The molecule has 0 spiro atoms. The van der Waals surface area contributed by atoms with Crippen LogP contribution in [0.1, 0.15) is 5.56 Å². The largest absolute Gasteiger partial charge is 0.417 e. The number of likely N-dealkylation sites (N-methyl/N-ethyl adjacent to an activating group) is 1. The third-order valence-corrected chi connectivity index (χ3v) is 1.80. The van der Waals surface area contributed by atoms with Crippen LogP contribution in [0.5, 0.6) is 0 Å². The summed E-state index contributed by atoms with van der Waals surface area (Å²) in [5, 5.41) is 4.95. The van der Waals surface area contributed by atoms with E-state index in [-0.39, 0.29) is 18.3 Å². The molecule has 7 heteroatoms. The van der Waals surface area contributed by atoms with E-state index in [0.29, 0.717) is 6.20 Å². The summed E-state index contributed by atoms with van der Waals surface area (Å²) in [4.78, 5) is 14.4. The molecule has 0 unspecified atom stereocenters. The Hall–Kier alpha value is -1.79. The highest BCUT2D eigenvalue weighted by Gasteiger charge is 2.30. The van der Waals surface area contributed by atoms with Crippen LogP contribution in [-0.4, -0.2) is 24.5 Å². The number of nitrogens with one attached hydrogen (secondary N) is 2. The van der Waals surface area contributed by atoms with Crippen molar-refractivity contribution in [2.24, 2.45) is 0 Å². The van der Waals surface area contributed by atoms with Gasteiger partial charge in [0, 0.05) is 13.2 Å². The maximum Gasteiger partial charge on any atom is 0.417 e. The predicted octanol–water partition coefficient (Wildman–Crippen LogP) is 1.26. The molecule has 1 aromatic rings. The van der Waals surface area contributed by atoms with Crippen molar-refractivity contribution in [3.05, 3.63) is 23.9 Å². The van der Waals surface area contributed by atoms with Gasteiger partial charge in [-0.1, -0.05) is 0 Å². The first-order valence-electron chi connectivity index (χ1n) is 4.41. The zero-order chi connectivity index (χ0) is 12.2. The second kappa shape index (κ2) is 4.82. The lowest BCUT2D eigenvalue weighted by Crippen LogP contribution is -2.26. The fourth-order valence-electron chi connectivity index (χ4n) is 0.925. The van der Waals surface area contributed by atoms with Gasteiger partial charge in [0.1, 0.15) is 5.82 Å². The Kier molecular flexibility index (Phi) is 3.70. The van der Waals surface area contributed by atoms with Crippen LogP contribution in [0.3, 0.4) is 0 Å². The lowest BCUT2D eigenvalue weighted by molar-refractivity contribution is -0.137. The number of anilines is 1. The Balaban J connectivity index is 2.62. The molecule has 16 heavy (non-hydrogen) atoms. The normalized spacial score (nSPS) is 11.0. The van der Waals surface area contributed by atoms with Gasteiger partial charge in [-0.15, -0.1) is 0 Å². The number of halogens is 3. The van der Waals surface area contributed by atoms with E-state index < -0.39 is 11.7 Å². The quantitative estimate of drug-likeness (QED) is 0.826. The first-order valence-corrected chi connectivity index (χ1v) is 4.41. The number of hydrogen-bond donors (Lipinski definition) is 2. The molecule has 1 heterocycles. The summed E-state index contributed by atoms with van der Waals surface area (Å²) >= 11 is 0. The van der Waals surface area contributed by atoms with Crippen LogP contribution in [-0.2, 0) is 11.0 Å². The fourth-order valence-corrected chi connectivity index (χ4v) is 0.925. The molecule has 0 aromatic carbocycles. The van der Waals surface area contributed by atoms with Gasteiger partial charge >= 0.3 is 6.18 Å². The Morgan fingerprint density at radius 3 is 2.56 bits per heavy atom. The molecule has 1 amide bonds. The molecular weight excluding hydrogens is 223 g/mol. The summed E-state index contributed by atoms with van der Waals surface area (Å²) < 4.78 is 36.5. The van der Waals surface area contributed by atoms with Crippen LogP contribution in [0.15, 0.2) is 18.3 Å². The highest BCUT2D eigenvalue weighted by molar-refractivity contribution is 5.79. The second-order valence-electron chi connectivity index (χ2n) is 2.96. The van der Waals surface area contributed by atoms with E-state index in [1.807, 2.05) is 0 Å². The molecule has 0 aliphatic heterocycles. The van der Waals surface area contributed by atoms with Crippen LogP contribution in [0, 0.1) is 0 Å². The first kappa shape index (κ1) is 12.3. The van der Waals surface area contributed by atoms with E-state index in [2.05, 4.69) is 15.6 Å². The maximum absolute atomic E-state index is 12.2. The number of rotatable bonds is 3. The van der Waals surface area contributed by atoms with Crippen LogP contribution < -0.4 is 10.6 Å². The number of nitrogens with zero attached hydrogens (tertiary/aromatic N) is 1. The SMILES string of the molecule is CNC(=O)CNc1ccc(C(F)(F)F)cn1. The predicted molar refractivity (Wildman–Crippen MR) is 51.8 cm³/mol.